The van der Waals surface area contributed by atoms with Crippen LogP contribution in [0.25, 0.3) is 10.9 Å². The van der Waals surface area contributed by atoms with Crippen molar-refractivity contribution in [2.24, 2.45) is 5.73 Å². The van der Waals surface area contributed by atoms with Crippen LogP contribution in [0.3, 0.4) is 0 Å². The van der Waals surface area contributed by atoms with Crippen molar-refractivity contribution in [3.63, 3.8) is 0 Å². The van der Waals surface area contributed by atoms with Gasteiger partial charge in [-0.15, -0.1) is 0 Å². The molecule has 0 bridgehead atoms. The lowest BCUT2D eigenvalue weighted by molar-refractivity contribution is 0.100. The summed E-state index contributed by atoms with van der Waals surface area (Å²) in [6.45, 7) is 4.25. The standard InChI is InChI=1S/C12H14N2O/c1-7(2)10-6-14-11-8(10)4-3-5-9(11)12(13)15/h3-7,14H,1-2H3,(H2,13,15). The summed E-state index contributed by atoms with van der Waals surface area (Å²) in [6.07, 6.45) is 1.95. The van der Waals surface area contributed by atoms with Gasteiger partial charge in [-0.3, -0.25) is 4.79 Å². The maximum Gasteiger partial charge on any atom is 0.250 e. The number of nitrogens with one attached hydrogen (secondary N) is 1. The van der Waals surface area contributed by atoms with Crippen LogP contribution in [0.1, 0.15) is 35.7 Å². The molecule has 78 valence electrons. The third kappa shape index (κ3) is 1.50. The maximum atomic E-state index is 11.2. The van der Waals surface area contributed by atoms with Crippen molar-refractivity contribution >= 4 is 16.8 Å². The Balaban J connectivity index is 2.74. The molecule has 0 aliphatic rings. The van der Waals surface area contributed by atoms with E-state index in [1.165, 1.54) is 5.56 Å². The van der Waals surface area contributed by atoms with E-state index in [2.05, 4.69) is 18.8 Å². The van der Waals surface area contributed by atoms with Crippen molar-refractivity contribution in [2.45, 2.75) is 19.8 Å². The number of rotatable bonds is 2. The molecule has 0 aliphatic heterocycles. The molecule has 0 atom stereocenters. The number of para-hydroxylation sites is 1. The summed E-state index contributed by atoms with van der Waals surface area (Å²) in [5, 5.41) is 1.08. The molecule has 1 heterocycles. The highest BCUT2D eigenvalue weighted by Gasteiger charge is 2.12. The van der Waals surface area contributed by atoms with Gasteiger partial charge >= 0.3 is 0 Å². The zero-order valence-electron chi connectivity index (χ0n) is 8.87. The average Bonchev–Trinajstić information content (AvgIpc) is 2.59. The van der Waals surface area contributed by atoms with E-state index in [0.29, 0.717) is 11.5 Å². The zero-order valence-corrected chi connectivity index (χ0v) is 8.87. The van der Waals surface area contributed by atoms with Crippen LogP contribution >= 0.6 is 0 Å². The average molecular weight is 202 g/mol. The number of hydrogen-bond donors (Lipinski definition) is 2. The number of benzene rings is 1. The number of hydrogen-bond acceptors (Lipinski definition) is 1. The lowest BCUT2D eigenvalue weighted by Crippen LogP contribution is -2.11. The fourth-order valence-corrected chi connectivity index (χ4v) is 1.86. The molecule has 3 nitrogen and oxygen atoms in total. The van der Waals surface area contributed by atoms with Gasteiger partial charge in [0.2, 0.25) is 0 Å². The van der Waals surface area contributed by atoms with Gasteiger partial charge in [-0.05, 0) is 17.5 Å². The molecule has 0 saturated carbocycles. The van der Waals surface area contributed by atoms with E-state index in [4.69, 9.17) is 5.73 Å². The number of aromatic nitrogens is 1. The maximum absolute atomic E-state index is 11.2. The van der Waals surface area contributed by atoms with Gasteiger partial charge in [-0.25, -0.2) is 0 Å². The number of nitrogens with two attached hydrogens (primary N) is 1. The molecular weight excluding hydrogens is 188 g/mol. The van der Waals surface area contributed by atoms with Crippen molar-refractivity contribution in [3.05, 3.63) is 35.5 Å². The van der Waals surface area contributed by atoms with E-state index < -0.39 is 5.91 Å². The van der Waals surface area contributed by atoms with Gasteiger partial charge < -0.3 is 10.7 Å². The third-order valence-electron chi connectivity index (χ3n) is 2.63. The minimum Gasteiger partial charge on any atom is -0.366 e. The fourth-order valence-electron chi connectivity index (χ4n) is 1.86. The van der Waals surface area contributed by atoms with Crippen LogP contribution in [0.4, 0.5) is 0 Å². The Bertz CT molecular complexity index is 511. The monoisotopic (exact) mass is 202 g/mol. The molecule has 2 aromatic rings. The topological polar surface area (TPSA) is 58.9 Å². The molecule has 15 heavy (non-hydrogen) atoms. The highest BCUT2D eigenvalue weighted by Crippen LogP contribution is 2.26. The van der Waals surface area contributed by atoms with Gasteiger partial charge in [0.25, 0.3) is 5.91 Å². The number of fused-ring (bicyclic) bond motifs is 1. The first-order valence-electron chi connectivity index (χ1n) is 5.01. The lowest BCUT2D eigenvalue weighted by atomic mass is 10.0. The van der Waals surface area contributed by atoms with Gasteiger partial charge in [0.15, 0.2) is 0 Å². The minimum absolute atomic E-state index is 0.391. The highest BCUT2D eigenvalue weighted by atomic mass is 16.1. The second-order valence-electron chi connectivity index (χ2n) is 3.99. The molecule has 1 aromatic carbocycles. The van der Waals surface area contributed by atoms with Gasteiger partial charge in [0, 0.05) is 11.6 Å². The van der Waals surface area contributed by atoms with Gasteiger partial charge in [-0.1, -0.05) is 26.0 Å². The fraction of sp³-hybridized carbons (Fsp3) is 0.250. The van der Waals surface area contributed by atoms with Gasteiger partial charge in [0.05, 0.1) is 11.1 Å². The van der Waals surface area contributed by atoms with Crippen molar-refractivity contribution in [3.8, 4) is 0 Å². The molecule has 0 saturated heterocycles. The third-order valence-corrected chi connectivity index (χ3v) is 2.63. The lowest BCUT2D eigenvalue weighted by Gasteiger charge is -2.03. The van der Waals surface area contributed by atoms with Crippen LogP contribution < -0.4 is 5.73 Å². The van der Waals surface area contributed by atoms with E-state index in [0.717, 1.165) is 10.9 Å². The van der Waals surface area contributed by atoms with Crippen LogP contribution in [-0.4, -0.2) is 10.9 Å². The summed E-state index contributed by atoms with van der Waals surface area (Å²) < 4.78 is 0. The molecular formula is C12H14N2O. The molecule has 0 spiro atoms. The summed E-state index contributed by atoms with van der Waals surface area (Å²) in [5.74, 6) is 0.0413. The highest BCUT2D eigenvalue weighted by molar-refractivity contribution is 6.05. The van der Waals surface area contributed by atoms with Crippen molar-refractivity contribution < 1.29 is 4.79 Å². The van der Waals surface area contributed by atoms with E-state index in [-0.39, 0.29) is 0 Å². The largest absolute Gasteiger partial charge is 0.366 e. The molecule has 2 rings (SSSR count). The predicted octanol–water partition coefficient (Wildman–Crippen LogP) is 2.39. The van der Waals surface area contributed by atoms with Crippen LogP contribution in [-0.2, 0) is 0 Å². The molecule has 0 radical (unpaired) electrons. The Morgan fingerprint density at radius 1 is 1.40 bits per heavy atom. The summed E-state index contributed by atoms with van der Waals surface area (Å²) >= 11 is 0. The van der Waals surface area contributed by atoms with Crippen LogP contribution in [0.2, 0.25) is 0 Å². The number of H-pyrrole nitrogens is 1. The SMILES string of the molecule is CC(C)c1c[nH]c2c(C(N)=O)cccc12. The first-order valence-corrected chi connectivity index (χ1v) is 5.01. The van der Waals surface area contributed by atoms with Crippen LogP contribution in [0, 0.1) is 0 Å². The number of carbonyl (C=O) groups excluding carboxylic acids is 1. The summed E-state index contributed by atoms with van der Waals surface area (Å²) in [5.41, 5.74) is 7.92. The quantitative estimate of drug-likeness (QED) is 0.771. The minimum atomic E-state index is -0.391. The van der Waals surface area contributed by atoms with E-state index in [1.54, 1.807) is 6.07 Å². The summed E-state index contributed by atoms with van der Waals surface area (Å²) in [4.78, 5) is 14.3. The molecule has 3 N–H and O–H groups in total. The summed E-state index contributed by atoms with van der Waals surface area (Å²) in [7, 11) is 0. The second-order valence-corrected chi connectivity index (χ2v) is 3.99. The Morgan fingerprint density at radius 2 is 2.13 bits per heavy atom. The normalized spacial score (nSPS) is 11.1. The van der Waals surface area contributed by atoms with Crippen molar-refractivity contribution in [1.29, 1.82) is 0 Å². The zero-order chi connectivity index (χ0) is 11.0. The molecule has 0 aliphatic carbocycles. The second kappa shape index (κ2) is 3.42. The van der Waals surface area contributed by atoms with E-state index in [1.807, 2.05) is 18.3 Å². The molecule has 0 unspecified atom stereocenters. The summed E-state index contributed by atoms with van der Waals surface area (Å²) in [6, 6.07) is 5.61. The van der Waals surface area contributed by atoms with Crippen molar-refractivity contribution in [2.75, 3.05) is 0 Å². The Hall–Kier alpha value is -1.77. The Kier molecular flexibility index (Phi) is 2.23. The van der Waals surface area contributed by atoms with Crippen molar-refractivity contribution in [1.82, 2.24) is 4.98 Å². The van der Waals surface area contributed by atoms with Crippen LogP contribution in [0.15, 0.2) is 24.4 Å². The molecule has 3 heteroatoms. The number of aromatic amines is 1. The number of amides is 1. The molecule has 0 fully saturated rings. The van der Waals surface area contributed by atoms with E-state index >= 15 is 0 Å². The Morgan fingerprint density at radius 3 is 2.73 bits per heavy atom. The first-order chi connectivity index (χ1) is 7.11. The first kappa shape index (κ1) is 9.77. The smallest absolute Gasteiger partial charge is 0.250 e. The van der Waals surface area contributed by atoms with Gasteiger partial charge in [-0.2, -0.15) is 0 Å². The number of primary amides is 1. The molecule has 1 amide bonds. The molecule has 1 aromatic heterocycles. The Labute approximate surface area is 88.3 Å². The number of carbonyl (C=O) groups is 1. The predicted molar refractivity (Wildman–Crippen MR) is 60.9 cm³/mol. The van der Waals surface area contributed by atoms with Gasteiger partial charge in [0.1, 0.15) is 0 Å². The van der Waals surface area contributed by atoms with Crippen LogP contribution in [0.5, 0.6) is 0 Å². The van der Waals surface area contributed by atoms with E-state index in [9.17, 15) is 4.79 Å².